The first kappa shape index (κ1) is 23.3. The molecule has 0 radical (unpaired) electrons. The first-order chi connectivity index (χ1) is 16.3. The third-order valence-corrected chi connectivity index (χ3v) is 5.75. The molecule has 1 aromatic heterocycles. The van der Waals surface area contributed by atoms with E-state index in [2.05, 4.69) is 10.3 Å². The lowest BCUT2D eigenvalue weighted by Crippen LogP contribution is -2.20. The first-order valence-corrected chi connectivity index (χ1v) is 10.9. The van der Waals surface area contributed by atoms with Crippen molar-refractivity contribution in [3.8, 4) is 11.5 Å². The largest absolute Gasteiger partial charge is 0.493 e. The van der Waals surface area contributed by atoms with Crippen LogP contribution in [0.5, 0.6) is 11.5 Å². The molecule has 174 valence electrons. The van der Waals surface area contributed by atoms with Crippen LogP contribution in [-0.2, 0) is 11.0 Å². The average Bonchev–Trinajstić information content (AvgIpc) is 3.24. The minimum absolute atomic E-state index is 0.0331. The van der Waals surface area contributed by atoms with Crippen LogP contribution < -0.4 is 14.8 Å². The number of carbonyl (C=O) groups is 1. The number of fused-ring (bicyclic) bond motifs is 1. The fourth-order valence-electron chi connectivity index (χ4n) is 3.15. The van der Waals surface area contributed by atoms with Gasteiger partial charge in [0.05, 0.1) is 22.9 Å². The molecule has 1 amide bonds. The number of carbonyl (C=O) groups excluding carboxylic acids is 1. The number of alkyl halides is 3. The number of rotatable bonds is 7. The zero-order valence-electron chi connectivity index (χ0n) is 17.9. The first-order valence-electron chi connectivity index (χ1n) is 10.1. The fourth-order valence-corrected chi connectivity index (χ4v) is 4.02. The highest BCUT2D eigenvalue weighted by Crippen LogP contribution is 2.31. The van der Waals surface area contributed by atoms with E-state index in [1.165, 1.54) is 19.2 Å². The van der Waals surface area contributed by atoms with Gasteiger partial charge in [-0.1, -0.05) is 30.3 Å². The van der Waals surface area contributed by atoms with Gasteiger partial charge in [-0.3, -0.25) is 4.79 Å². The van der Waals surface area contributed by atoms with E-state index in [0.29, 0.717) is 11.5 Å². The smallest absolute Gasteiger partial charge is 0.416 e. The van der Waals surface area contributed by atoms with E-state index in [1.807, 2.05) is 36.4 Å². The van der Waals surface area contributed by atoms with Crippen LogP contribution in [-0.4, -0.2) is 24.6 Å². The number of para-hydroxylation sites is 1. The molecule has 4 aromatic rings. The topological polar surface area (TPSA) is 60.5 Å². The summed E-state index contributed by atoms with van der Waals surface area (Å²) in [5.41, 5.74) is 0.974. The van der Waals surface area contributed by atoms with Crippen molar-refractivity contribution in [2.24, 2.45) is 0 Å². The quantitative estimate of drug-likeness (QED) is 0.325. The van der Waals surface area contributed by atoms with Gasteiger partial charge in [-0.25, -0.2) is 4.98 Å². The highest BCUT2D eigenvalue weighted by Gasteiger charge is 2.30. The number of amides is 1. The molecule has 0 unspecified atom stereocenters. The van der Waals surface area contributed by atoms with Crippen molar-refractivity contribution in [3.63, 3.8) is 0 Å². The number of thiazole rings is 1. The maximum Gasteiger partial charge on any atom is 0.416 e. The van der Waals surface area contributed by atoms with E-state index >= 15 is 0 Å². The van der Waals surface area contributed by atoms with Gasteiger partial charge in [0.15, 0.2) is 18.1 Å². The van der Waals surface area contributed by atoms with Gasteiger partial charge in [0.25, 0.3) is 5.91 Å². The number of ether oxygens (including phenoxy) is 2. The molecule has 0 saturated heterocycles. The standard InChI is InChI=1S/C25H19F3N2O3S/c1-32-21-13-16(10-12-24-30-19-7-2-3-8-22(19)34-24)9-11-20(21)33-15-23(31)29-18-6-4-5-17(14-18)25(26,27)28/h2-14H,15H2,1H3,(H,29,31)/b12-10+. The summed E-state index contributed by atoms with van der Waals surface area (Å²) in [6.07, 6.45) is -0.694. The van der Waals surface area contributed by atoms with Crippen LogP contribution in [0.3, 0.4) is 0 Å². The zero-order valence-corrected chi connectivity index (χ0v) is 18.7. The molecular weight excluding hydrogens is 465 g/mol. The number of halogens is 3. The van der Waals surface area contributed by atoms with Crippen LogP contribution in [0.2, 0.25) is 0 Å². The molecule has 0 aliphatic carbocycles. The Hall–Kier alpha value is -3.85. The normalized spacial score (nSPS) is 11.6. The second-order valence-electron chi connectivity index (χ2n) is 7.18. The Labute approximate surface area is 197 Å². The third-order valence-electron chi connectivity index (χ3n) is 4.75. The molecule has 1 N–H and O–H groups in total. The summed E-state index contributed by atoms with van der Waals surface area (Å²) in [6.45, 7) is -0.395. The molecule has 0 spiro atoms. The van der Waals surface area contributed by atoms with Crippen LogP contribution in [0.4, 0.5) is 18.9 Å². The fraction of sp³-hybridized carbons (Fsp3) is 0.120. The molecule has 3 aromatic carbocycles. The lowest BCUT2D eigenvalue weighted by Gasteiger charge is -2.12. The van der Waals surface area contributed by atoms with Gasteiger partial charge in [-0.2, -0.15) is 13.2 Å². The summed E-state index contributed by atoms with van der Waals surface area (Å²) in [5.74, 6) is 0.151. The number of nitrogens with one attached hydrogen (secondary N) is 1. The number of benzene rings is 3. The monoisotopic (exact) mass is 484 g/mol. The van der Waals surface area contributed by atoms with Gasteiger partial charge in [0.1, 0.15) is 5.01 Å². The third kappa shape index (κ3) is 5.74. The van der Waals surface area contributed by atoms with E-state index < -0.39 is 24.3 Å². The van der Waals surface area contributed by atoms with Crippen molar-refractivity contribution in [3.05, 3.63) is 82.9 Å². The highest BCUT2D eigenvalue weighted by molar-refractivity contribution is 7.19. The van der Waals surface area contributed by atoms with Crippen LogP contribution in [0.1, 0.15) is 16.1 Å². The molecule has 9 heteroatoms. The van der Waals surface area contributed by atoms with Crippen molar-refractivity contribution in [1.29, 1.82) is 0 Å². The highest BCUT2D eigenvalue weighted by atomic mass is 32.1. The maximum atomic E-state index is 12.8. The number of nitrogens with zero attached hydrogens (tertiary/aromatic N) is 1. The van der Waals surface area contributed by atoms with E-state index in [-0.39, 0.29) is 5.69 Å². The van der Waals surface area contributed by atoms with Crippen LogP contribution in [0.25, 0.3) is 22.4 Å². The number of aromatic nitrogens is 1. The lowest BCUT2D eigenvalue weighted by molar-refractivity contribution is -0.137. The molecule has 34 heavy (non-hydrogen) atoms. The van der Waals surface area contributed by atoms with E-state index in [1.54, 1.807) is 29.5 Å². The van der Waals surface area contributed by atoms with Gasteiger partial charge in [0.2, 0.25) is 0 Å². The van der Waals surface area contributed by atoms with Crippen molar-refractivity contribution in [1.82, 2.24) is 4.98 Å². The van der Waals surface area contributed by atoms with E-state index in [4.69, 9.17) is 9.47 Å². The average molecular weight is 484 g/mol. The second kappa shape index (κ2) is 9.96. The Bertz CT molecular complexity index is 1320. The number of hydrogen-bond acceptors (Lipinski definition) is 5. The van der Waals surface area contributed by atoms with Gasteiger partial charge in [-0.15, -0.1) is 11.3 Å². The second-order valence-corrected chi connectivity index (χ2v) is 8.24. The van der Waals surface area contributed by atoms with E-state index in [0.717, 1.165) is 32.9 Å². The Morgan fingerprint density at radius 1 is 1.03 bits per heavy atom. The Balaban J connectivity index is 1.39. The predicted molar refractivity (Wildman–Crippen MR) is 127 cm³/mol. The summed E-state index contributed by atoms with van der Waals surface area (Å²) in [6, 6.07) is 17.5. The van der Waals surface area contributed by atoms with Gasteiger partial charge in [-0.05, 0) is 54.1 Å². The zero-order chi connectivity index (χ0) is 24.1. The molecule has 1 heterocycles. The summed E-state index contributed by atoms with van der Waals surface area (Å²) in [5, 5.41) is 3.27. The SMILES string of the molecule is COc1cc(/C=C/c2nc3ccccc3s2)ccc1OCC(=O)Nc1cccc(C(F)(F)F)c1. The summed E-state index contributed by atoms with van der Waals surface area (Å²) >= 11 is 1.58. The van der Waals surface area contributed by atoms with Gasteiger partial charge in [0, 0.05) is 5.69 Å². The van der Waals surface area contributed by atoms with Gasteiger partial charge >= 0.3 is 6.18 Å². The summed E-state index contributed by atoms with van der Waals surface area (Å²) in [4.78, 5) is 16.7. The Morgan fingerprint density at radius 2 is 1.85 bits per heavy atom. The molecule has 4 rings (SSSR count). The van der Waals surface area contributed by atoms with Crippen molar-refractivity contribution in [2.45, 2.75) is 6.18 Å². The van der Waals surface area contributed by atoms with Crippen molar-refractivity contribution >= 4 is 45.3 Å². The van der Waals surface area contributed by atoms with Crippen LogP contribution in [0.15, 0.2) is 66.7 Å². The summed E-state index contributed by atoms with van der Waals surface area (Å²) < 4.78 is 50.5. The number of hydrogen-bond donors (Lipinski definition) is 1. The molecule has 5 nitrogen and oxygen atoms in total. The molecule has 0 fully saturated rings. The Morgan fingerprint density at radius 3 is 2.62 bits per heavy atom. The van der Waals surface area contributed by atoms with Crippen LogP contribution in [0, 0.1) is 0 Å². The summed E-state index contributed by atoms with van der Waals surface area (Å²) in [7, 11) is 1.48. The molecular formula is C25H19F3N2O3S. The van der Waals surface area contributed by atoms with Crippen molar-refractivity contribution in [2.75, 3.05) is 19.0 Å². The minimum Gasteiger partial charge on any atom is -0.493 e. The van der Waals surface area contributed by atoms with E-state index in [9.17, 15) is 18.0 Å². The predicted octanol–water partition coefficient (Wildman–Crippen LogP) is 6.51. The minimum atomic E-state index is -4.49. The lowest BCUT2D eigenvalue weighted by atomic mass is 10.2. The Kier molecular flexibility index (Phi) is 6.83. The number of anilines is 1. The van der Waals surface area contributed by atoms with Crippen LogP contribution >= 0.6 is 11.3 Å². The maximum absolute atomic E-state index is 12.8. The molecule has 0 aliphatic heterocycles. The van der Waals surface area contributed by atoms with Crippen molar-refractivity contribution < 1.29 is 27.4 Å². The number of methoxy groups -OCH3 is 1. The molecule has 0 bridgehead atoms. The van der Waals surface area contributed by atoms with Gasteiger partial charge < -0.3 is 14.8 Å². The molecule has 0 aliphatic rings. The molecule has 0 saturated carbocycles. The molecule has 0 atom stereocenters.